The molecule has 0 aliphatic carbocycles. The van der Waals surface area contributed by atoms with E-state index in [9.17, 15) is 25.0 Å². The number of benzene rings is 1. The standard InChI is InChI=1S/C12H14N4O5/c1-9(17)4-2-3-7-13-14-11-6-5-10(15(18)19)8-12(11)16(20)21/h5-8,14H,2-4H2,1H3/b13-7+. The molecular formula is C12H14N4O5. The molecule has 1 aromatic rings. The fourth-order valence-corrected chi connectivity index (χ4v) is 1.50. The fourth-order valence-electron chi connectivity index (χ4n) is 1.50. The summed E-state index contributed by atoms with van der Waals surface area (Å²) in [5, 5.41) is 25.2. The van der Waals surface area contributed by atoms with Crippen molar-refractivity contribution in [2.24, 2.45) is 5.10 Å². The predicted molar refractivity (Wildman–Crippen MR) is 76.4 cm³/mol. The Labute approximate surface area is 120 Å². The van der Waals surface area contributed by atoms with Gasteiger partial charge >= 0.3 is 5.69 Å². The number of rotatable bonds is 8. The van der Waals surface area contributed by atoms with Crippen molar-refractivity contribution >= 4 is 29.1 Å². The highest BCUT2D eigenvalue weighted by atomic mass is 16.6. The molecule has 9 heteroatoms. The minimum atomic E-state index is -0.722. The van der Waals surface area contributed by atoms with Crippen LogP contribution in [-0.2, 0) is 4.79 Å². The van der Waals surface area contributed by atoms with Crippen LogP contribution < -0.4 is 5.43 Å². The lowest BCUT2D eigenvalue weighted by molar-refractivity contribution is -0.393. The molecule has 1 aromatic carbocycles. The Morgan fingerprint density at radius 2 is 2.05 bits per heavy atom. The van der Waals surface area contributed by atoms with Crippen LogP contribution >= 0.6 is 0 Å². The van der Waals surface area contributed by atoms with Gasteiger partial charge in [-0.3, -0.25) is 25.7 Å². The van der Waals surface area contributed by atoms with Gasteiger partial charge in [-0.1, -0.05) is 0 Å². The van der Waals surface area contributed by atoms with E-state index in [1.807, 2.05) is 0 Å². The maximum atomic E-state index is 10.9. The van der Waals surface area contributed by atoms with E-state index in [1.54, 1.807) is 0 Å². The Kier molecular flexibility index (Phi) is 5.93. The van der Waals surface area contributed by atoms with E-state index in [-0.39, 0.29) is 17.2 Å². The van der Waals surface area contributed by atoms with Gasteiger partial charge in [0.2, 0.25) is 0 Å². The molecule has 0 aromatic heterocycles. The highest BCUT2D eigenvalue weighted by Crippen LogP contribution is 2.28. The van der Waals surface area contributed by atoms with Crippen molar-refractivity contribution in [3.8, 4) is 0 Å². The number of hydrogen-bond donors (Lipinski definition) is 1. The van der Waals surface area contributed by atoms with Crippen LogP contribution in [0.25, 0.3) is 0 Å². The number of nitrogens with zero attached hydrogens (tertiary/aromatic N) is 3. The van der Waals surface area contributed by atoms with Gasteiger partial charge in [0.25, 0.3) is 5.69 Å². The number of hydrogen-bond acceptors (Lipinski definition) is 7. The van der Waals surface area contributed by atoms with Gasteiger partial charge in [0.1, 0.15) is 11.5 Å². The Morgan fingerprint density at radius 1 is 1.33 bits per heavy atom. The molecule has 0 radical (unpaired) electrons. The number of anilines is 1. The summed E-state index contributed by atoms with van der Waals surface area (Å²) in [5.74, 6) is 0.0855. The summed E-state index contributed by atoms with van der Waals surface area (Å²) >= 11 is 0. The molecule has 0 fully saturated rings. The highest BCUT2D eigenvalue weighted by Gasteiger charge is 2.18. The average Bonchev–Trinajstić information content (AvgIpc) is 2.42. The molecule has 0 saturated heterocycles. The zero-order chi connectivity index (χ0) is 15.8. The molecule has 0 amide bonds. The molecular weight excluding hydrogens is 280 g/mol. The largest absolute Gasteiger partial charge is 0.301 e. The van der Waals surface area contributed by atoms with Gasteiger partial charge in [0.15, 0.2) is 0 Å². The van der Waals surface area contributed by atoms with Crippen LogP contribution in [0.15, 0.2) is 23.3 Å². The summed E-state index contributed by atoms with van der Waals surface area (Å²) < 4.78 is 0. The summed E-state index contributed by atoms with van der Waals surface area (Å²) in [7, 11) is 0. The lowest BCUT2D eigenvalue weighted by Crippen LogP contribution is -1.98. The van der Waals surface area contributed by atoms with E-state index >= 15 is 0 Å². The van der Waals surface area contributed by atoms with E-state index in [1.165, 1.54) is 19.2 Å². The van der Waals surface area contributed by atoms with Crippen LogP contribution in [0.3, 0.4) is 0 Å². The smallest absolute Gasteiger partial charge is 0.300 e. The van der Waals surface area contributed by atoms with Crippen LogP contribution in [0.2, 0.25) is 0 Å². The van der Waals surface area contributed by atoms with Crippen molar-refractivity contribution in [3.05, 3.63) is 38.4 Å². The summed E-state index contributed by atoms with van der Waals surface area (Å²) in [6.07, 6.45) is 3.13. The van der Waals surface area contributed by atoms with Gasteiger partial charge in [-0.25, -0.2) is 0 Å². The zero-order valence-corrected chi connectivity index (χ0v) is 11.3. The molecule has 0 spiro atoms. The number of ketones is 1. The number of nitrogens with one attached hydrogen (secondary N) is 1. The predicted octanol–water partition coefficient (Wildman–Crippen LogP) is 2.66. The first-order chi connectivity index (χ1) is 9.91. The molecule has 9 nitrogen and oxygen atoms in total. The van der Waals surface area contributed by atoms with E-state index in [2.05, 4.69) is 10.5 Å². The third kappa shape index (κ3) is 5.35. The fraction of sp³-hybridized carbons (Fsp3) is 0.333. The number of non-ortho nitro benzene ring substituents is 1. The molecule has 0 saturated carbocycles. The quantitative estimate of drug-likeness (QED) is 0.339. The van der Waals surface area contributed by atoms with E-state index in [0.29, 0.717) is 19.3 Å². The van der Waals surface area contributed by atoms with Gasteiger partial charge in [0, 0.05) is 18.7 Å². The molecule has 0 heterocycles. The topological polar surface area (TPSA) is 128 Å². The first kappa shape index (κ1) is 16.2. The second-order valence-electron chi connectivity index (χ2n) is 4.23. The van der Waals surface area contributed by atoms with E-state index in [4.69, 9.17) is 0 Å². The van der Waals surface area contributed by atoms with Gasteiger partial charge < -0.3 is 4.79 Å². The second-order valence-corrected chi connectivity index (χ2v) is 4.23. The molecule has 1 rings (SSSR count). The van der Waals surface area contributed by atoms with Gasteiger partial charge in [-0.2, -0.15) is 5.10 Å². The summed E-state index contributed by atoms with van der Waals surface area (Å²) in [4.78, 5) is 30.7. The highest BCUT2D eigenvalue weighted by molar-refractivity contribution is 5.75. The van der Waals surface area contributed by atoms with Crippen molar-refractivity contribution in [1.82, 2.24) is 0 Å². The molecule has 0 aliphatic heterocycles. The van der Waals surface area contributed by atoms with Crippen molar-refractivity contribution < 1.29 is 14.6 Å². The number of carbonyl (C=O) groups is 1. The normalized spacial score (nSPS) is 10.5. The van der Waals surface area contributed by atoms with Crippen molar-refractivity contribution in [2.45, 2.75) is 26.2 Å². The van der Waals surface area contributed by atoms with Crippen LogP contribution in [0.4, 0.5) is 17.1 Å². The minimum Gasteiger partial charge on any atom is -0.300 e. The molecule has 1 N–H and O–H groups in total. The SMILES string of the molecule is CC(=O)CCC/C=N/Nc1ccc([N+](=O)[O-])cc1[N+](=O)[O-]. The summed E-state index contributed by atoms with van der Waals surface area (Å²) in [6.45, 7) is 1.50. The van der Waals surface area contributed by atoms with E-state index < -0.39 is 15.5 Å². The number of nitro groups is 2. The average molecular weight is 294 g/mol. The third-order valence-electron chi connectivity index (χ3n) is 2.53. The maximum Gasteiger partial charge on any atom is 0.301 e. The molecule has 112 valence electrons. The first-order valence-electron chi connectivity index (χ1n) is 6.11. The van der Waals surface area contributed by atoms with Gasteiger partial charge in [-0.05, 0) is 25.8 Å². The second kappa shape index (κ2) is 7.68. The lowest BCUT2D eigenvalue weighted by atomic mass is 10.2. The molecule has 0 atom stereocenters. The van der Waals surface area contributed by atoms with Crippen LogP contribution in [-0.4, -0.2) is 21.8 Å². The number of unbranched alkanes of at least 4 members (excludes halogenated alkanes) is 1. The van der Waals surface area contributed by atoms with E-state index in [0.717, 1.165) is 12.1 Å². The van der Waals surface area contributed by atoms with Crippen LogP contribution in [0.1, 0.15) is 26.2 Å². The number of carbonyl (C=O) groups excluding carboxylic acids is 1. The Morgan fingerprint density at radius 3 is 2.62 bits per heavy atom. The lowest BCUT2D eigenvalue weighted by Gasteiger charge is -2.01. The third-order valence-corrected chi connectivity index (χ3v) is 2.53. The number of Topliss-reactive ketones (excluding diaryl/α,β-unsaturated/α-hetero) is 1. The zero-order valence-electron chi connectivity index (χ0n) is 11.3. The van der Waals surface area contributed by atoms with Crippen molar-refractivity contribution in [3.63, 3.8) is 0 Å². The van der Waals surface area contributed by atoms with Gasteiger partial charge in [0.05, 0.1) is 15.9 Å². The summed E-state index contributed by atoms with van der Waals surface area (Å²) in [5.41, 5.74) is 1.74. The van der Waals surface area contributed by atoms with Crippen LogP contribution in [0.5, 0.6) is 0 Å². The molecule has 0 aliphatic rings. The Hall–Kier alpha value is -2.84. The Bertz CT molecular complexity index is 585. The monoisotopic (exact) mass is 294 g/mol. The van der Waals surface area contributed by atoms with Crippen molar-refractivity contribution in [1.29, 1.82) is 0 Å². The maximum absolute atomic E-state index is 10.9. The molecule has 21 heavy (non-hydrogen) atoms. The summed E-state index contributed by atoms with van der Waals surface area (Å²) in [6, 6.07) is 3.25. The van der Waals surface area contributed by atoms with Crippen LogP contribution in [0, 0.1) is 20.2 Å². The molecule has 0 unspecified atom stereocenters. The Balaban J connectivity index is 2.70. The number of hydrazone groups is 1. The number of nitro benzene ring substituents is 2. The molecule has 0 bridgehead atoms. The van der Waals surface area contributed by atoms with Gasteiger partial charge in [-0.15, -0.1) is 0 Å². The van der Waals surface area contributed by atoms with Crippen molar-refractivity contribution in [2.75, 3.05) is 5.43 Å². The first-order valence-corrected chi connectivity index (χ1v) is 6.11. The minimum absolute atomic E-state index is 0.0633.